The van der Waals surface area contributed by atoms with Crippen LogP contribution >= 0.6 is 0 Å². The van der Waals surface area contributed by atoms with Crippen LogP contribution in [0, 0.1) is 0 Å². The highest BCUT2D eigenvalue weighted by molar-refractivity contribution is 5.82. The van der Waals surface area contributed by atoms with Gasteiger partial charge in [0, 0.05) is 6.04 Å². The van der Waals surface area contributed by atoms with Gasteiger partial charge in [0.1, 0.15) is 19.2 Å². The highest BCUT2D eigenvalue weighted by Gasteiger charge is 2.09. The number of ether oxygens (including phenoxy) is 1. The van der Waals surface area contributed by atoms with Crippen molar-refractivity contribution < 1.29 is 14.3 Å². The lowest BCUT2D eigenvalue weighted by atomic mass is 10.3. The number of aromatic nitrogens is 3. The molecule has 1 aromatic heterocycles. The molecule has 8 nitrogen and oxygen atoms in total. The lowest BCUT2D eigenvalue weighted by Crippen LogP contribution is -2.42. The number of carbonyl (C=O) groups is 2. The van der Waals surface area contributed by atoms with Gasteiger partial charge in [0.25, 0.3) is 0 Å². The number of rotatable bonds is 5. The van der Waals surface area contributed by atoms with Gasteiger partial charge in [-0.05, 0) is 6.92 Å². The Labute approximate surface area is 98.3 Å². The molecule has 17 heavy (non-hydrogen) atoms. The van der Waals surface area contributed by atoms with E-state index in [9.17, 15) is 9.59 Å². The summed E-state index contributed by atoms with van der Waals surface area (Å²) in [6.07, 6.45) is 2.35. The fraction of sp³-hybridized carbons (Fsp3) is 0.556. The second kappa shape index (κ2) is 6.46. The van der Waals surface area contributed by atoms with Crippen LogP contribution in [0.15, 0.2) is 12.7 Å². The molecule has 0 saturated heterocycles. The summed E-state index contributed by atoms with van der Waals surface area (Å²) < 4.78 is 5.95. The Kier molecular flexibility index (Phi) is 4.92. The molecule has 0 radical (unpaired) electrons. The van der Waals surface area contributed by atoms with E-state index in [1.54, 1.807) is 11.0 Å². The molecule has 0 bridgehead atoms. The third-order valence-electron chi connectivity index (χ3n) is 1.91. The number of amides is 2. The minimum Gasteiger partial charge on any atom is -0.453 e. The lowest BCUT2D eigenvalue weighted by Gasteiger charge is -2.13. The molecule has 2 N–H and O–H groups in total. The monoisotopic (exact) mass is 241 g/mol. The first-order valence-electron chi connectivity index (χ1n) is 5.05. The molecule has 0 saturated carbocycles. The average Bonchev–Trinajstić information content (AvgIpc) is 2.78. The Bertz CT molecular complexity index is 365. The normalized spacial score (nSPS) is 11.6. The summed E-state index contributed by atoms with van der Waals surface area (Å²) in [5.41, 5.74) is 0. The van der Waals surface area contributed by atoms with E-state index in [4.69, 9.17) is 0 Å². The number of hydrogen-bond donors (Lipinski definition) is 2. The highest BCUT2D eigenvalue weighted by atomic mass is 16.5. The fourth-order valence-electron chi connectivity index (χ4n) is 1.20. The summed E-state index contributed by atoms with van der Waals surface area (Å²) >= 11 is 0. The van der Waals surface area contributed by atoms with Gasteiger partial charge in [-0.25, -0.2) is 9.78 Å². The van der Waals surface area contributed by atoms with Gasteiger partial charge in [0.2, 0.25) is 5.91 Å². The number of nitrogens with one attached hydrogen (secondary N) is 2. The van der Waals surface area contributed by atoms with E-state index < -0.39 is 6.09 Å². The number of hydrogen-bond acceptors (Lipinski definition) is 5. The van der Waals surface area contributed by atoms with Crippen molar-refractivity contribution in [3.05, 3.63) is 12.7 Å². The summed E-state index contributed by atoms with van der Waals surface area (Å²) in [5.74, 6) is -0.289. The number of alkyl carbamates (subject to hydrolysis) is 1. The fourth-order valence-corrected chi connectivity index (χ4v) is 1.20. The van der Waals surface area contributed by atoms with Crippen LogP contribution in [0.4, 0.5) is 4.79 Å². The molecule has 0 spiro atoms. The van der Waals surface area contributed by atoms with Gasteiger partial charge in [-0.3, -0.25) is 9.48 Å². The number of carbonyl (C=O) groups excluding carboxylic acids is 2. The Balaban J connectivity index is 2.24. The van der Waals surface area contributed by atoms with Crippen LogP contribution in [0.3, 0.4) is 0 Å². The first-order chi connectivity index (χ1) is 8.11. The Hall–Kier alpha value is -2.12. The Morgan fingerprint density at radius 2 is 2.29 bits per heavy atom. The van der Waals surface area contributed by atoms with Crippen LogP contribution in [0.1, 0.15) is 6.92 Å². The zero-order valence-electron chi connectivity index (χ0n) is 9.71. The van der Waals surface area contributed by atoms with E-state index in [0.29, 0.717) is 6.54 Å². The topological polar surface area (TPSA) is 98.1 Å². The van der Waals surface area contributed by atoms with Crippen molar-refractivity contribution in [3.8, 4) is 0 Å². The van der Waals surface area contributed by atoms with E-state index in [2.05, 4.69) is 25.5 Å². The Morgan fingerprint density at radius 1 is 1.53 bits per heavy atom. The minimum atomic E-state index is -0.635. The second-order valence-corrected chi connectivity index (χ2v) is 3.43. The molecule has 1 aromatic rings. The van der Waals surface area contributed by atoms with Gasteiger partial charge >= 0.3 is 6.09 Å². The second-order valence-electron chi connectivity index (χ2n) is 3.43. The van der Waals surface area contributed by atoms with E-state index in [0.717, 1.165) is 0 Å². The van der Waals surface area contributed by atoms with E-state index in [-0.39, 0.29) is 18.5 Å². The van der Waals surface area contributed by atoms with Crippen molar-refractivity contribution in [3.63, 3.8) is 0 Å². The molecule has 0 fully saturated rings. The summed E-state index contributed by atoms with van der Waals surface area (Å²) in [4.78, 5) is 25.9. The van der Waals surface area contributed by atoms with Gasteiger partial charge in [0.15, 0.2) is 0 Å². The van der Waals surface area contributed by atoms with Crippen molar-refractivity contribution in [1.29, 1.82) is 0 Å². The molecule has 0 aliphatic heterocycles. The zero-order chi connectivity index (χ0) is 12.7. The van der Waals surface area contributed by atoms with E-state index >= 15 is 0 Å². The van der Waals surface area contributed by atoms with E-state index in [1.165, 1.54) is 13.4 Å². The molecule has 2 amide bonds. The van der Waals surface area contributed by atoms with Crippen LogP contribution in [0.25, 0.3) is 0 Å². The van der Waals surface area contributed by atoms with Crippen LogP contribution in [-0.4, -0.2) is 46.5 Å². The van der Waals surface area contributed by atoms with Crippen molar-refractivity contribution in [2.45, 2.75) is 19.5 Å². The number of methoxy groups -OCH3 is 1. The number of nitrogens with zero attached hydrogens (tertiary/aromatic N) is 3. The quantitative estimate of drug-likeness (QED) is 0.699. The summed E-state index contributed by atoms with van der Waals surface area (Å²) in [6.45, 7) is 2.23. The van der Waals surface area contributed by atoms with Crippen molar-refractivity contribution in [2.75, 3.05) is 13.7 Å². The first-order valence-corrected chi connectivity index (χ1v) is 5.05. The van der Waals surface area contributed by atoms with Crippen LogP contribution in [0.5, 0.6) is 0 Å². The van der Waals surface area contributed by atoms with Gasteiger partial charge in [-0.1, -0.05) is 0 Å². The van der Waals surface area contributed by atoms with Crippen molar-refractivity contribution in [2.24, 2.45) is 0 Å². The van der Waals surface area contributed by atoms with Crippen LogP contribution in [-0.2, 0) is 16.1 Å². The SMILES string of the molecule is COC(=O)NCC(=O)NC(C)Cn1cncn1. The van der Waals surface area contributed by atoms with Crippen molar-refractivity contribution >= 4 is 12.0 Å². The molecular formula is C9H15N5O3. The maximum Gasteiger partial charge on any atom is 0.407 e. The first kappa shape index (κ1) is 12.9. The van der Waals surface area contributed by atoms with Gasteiger partial charge in [-0.15, -0.1) is 0 Å². The molecule has 1 heterocycles. The molecule has 94 valence electrons. The molecule has 0 aliphatic carbocycles. The summed E-state index contributed by atoms with van der Waals surface area (Å²) in [6, 6.07) is -0.108. The standard InChI is InChI=1S/C9H15N5O3/c1-7(4-14-6-10-5-12-14)13-8(15)3-11-9(16)17-2/h5-7H,3-4H2,1-2H3,(H,11,16)(H,13,15). The molecule has 1 rings (SSSR count). The molecule has 0 aliphatic rings. The summed E-state index contributed by atoms with van der Waals surface area (Å²) in [7, 11) is 1.24. The van der Waals surface area contributed by atoms with Gasteiger partial charge in [-0.2, -0.15) is 5.10 Å². The molecule has 1 atom stereocenters. The predicted molar refractivity (Wildman–Crippen MR) is 58.0 cm³/mol. The Morgan fingerprint density at radius 3 is 2.88 bits per heavy atom. The third kappa shape index (κ3) is 4.96. The van der Waals surface area contributed by atoms with E-state index in [1.807, 2.05) is 6.92 Å². The maximum atomic E-state index is 11.4. The van der Waals surface area contributed by atoms with Gasteiger partial charge in [0.05, 0.1) is 13.7 Å². The van der Waals surface area contributed by atoms with Gasteiger partial charge < -0.3 is 15.4 Å². The predicted octanol–water partition coefficient (Wildman–Crippen LogP) is -0.861. The third-order valence-corrected chi connectivity index (χ3v) is 1.91. The highest BCUT2D eigenvalue weighted by Crippen LogP contribution is 1.88. The average molecular weight is 241 g/mol. The molecule has 1 unspecified atom stereocenters. The molecular weight excluding hydrogens is 226 g/mol. The van der Waals surface area contributed by atoms with Crippen LogP contribution < -0.4 is 10.6 Å². The smallest absolute Gasteiger partial charge is 0.407 e. The minimum absolute atomic E-state index is 0.108. The molecule has 8 heteroatoms. The van der Waals surface area contributed by atoms with Crippen molar-refractivity contribution in [1.82, 2.24) is 25.4 Å². The summed E-state index contributed by atoms with van der Waals surface area (Å²) in [5, 5.41) is 8.90. The van der Waals surface area contributed by atoms with Crippen LogP contribution in [0.2, 0.25) is 0 Å². The zero-order valence-corrected chi connectivity index (χ0v) is 9.71. The maximum absolute atomic E-state index is 11.4. The molecule has 0 aromatic carbocycles. The largest absolute Gasteiger partial charge is 0.453 e. The lowest BCUT2D eigenvalue weighted by molar-refractivity contribution is -0.120.